The summed E-state index contributed by atoms with van der Waals surface area (Å²) >= 11 is 5.97. The molecule has 2 atom stereocenters. The molecule has 4 rings (SSSR count). The van der Waals surface area contributed by atoms with Crippen molar-refractivity contribution >= 4 is 23.8 Å². The first-order valence-electron chi connectivity index (χ1n) is 9.19. The van der Waals surface area contributed by atoms with Crippen LogP contribution in [-0.2, 0) is 10.3 Å². The number of piperidine rings is 1. The molecule has 0 radical (unpaired) electrons. The average molecular weight is 397 g/mol. The molecule has 144 valence electrons. The van der Waals surface area contributed by atoms with Gasteiger partial charge in [-0.1, -0.05) is 29.8 Å². The molecule has 0 aliphatic carbocycles. The van der Waals surface area contributed by atoms with Crippen LogP contribution in [0.2, 0.25) is 5.02 Å². The summed E-state index contributed by atoms with van der Waals surface area (Å²) < 4.78 is 0. The Bertz CT molecular complexity index is 946. The third-order valence-corrected chi connectivity index (χ3v) is 5.65. The van der Waals surface area contributed by atoms with Gasteiger partial charge in [0.1, 0.15) is 5.82 Å². The van der Waals surface area contributed by atoms with Crippen LogP contribution < -0.4 is 5.32 Å². The normalized spacial score (nSPS) is 22.1. The van der Waals surface area contributed by atoms with Gasteiger partial charge in [0.15, 0.2) is 0 Å². The number of amides is 1. The number of nitrogens with zero attached hydrogens (tertiary/aromatic N) is 5. The number of benzene rings is 1. The van der Waals surface area contributed by atoms with Crippen molar-refractivity contribution in [3.63, 3.8) is 0 Å². The van der Waals surface area contributed by atoms with Crippen LogP contribution in [0.5, 0.6) is 0 Å². The first-order chi connectivity index (χ1) is 13.6. The number of likely N-dealkylation sites (tertiary alicyclic amines) is 1. The van der Waals surface area contributed by atoms with E-state index < -0.39 is 5.54 Å². The van der Waals surface area contributed by atoms with Gasteiger partial charge >= 0.3 is 0 Å². The second-order valence-electron chi connectivity index (χ2n) is 6.98. The second kappa shape index (κ2) is 7.59. The molecule has 7 nitrogen and oxygen atoms in total. The molecule has 0 spiro atoms. The van der Waals surface area contributed by atoms with Crippen LogP contribution >= 0.6 is 11.6 Å². The number of carbonyl (C=O) groups excluding carboxylic acids is 1. The Balaban J connectivity index is 1.79. The maximum absolute atomic E-state index is 12.0. The van der Waals surface area contributed by atoms with Crippen molar-refractivity contribution in [2.24, 2.45) is 0 Å². The van der Waals surface area contributed by atoms with Gasteiger partial charge in [-0.25, -0.2) is 4.98 Å². The molecule has 8 heteroatoms. The minimum Gasteiger partial charge on any atom is -0.365 e. The van der Waals surface area contributed by atoms with E-state index >= 15 is 0 Å². The summed E-state index contributed by atoms with van der Waals surface area (Å²) in [4.78, 5) is 19.8. The summed E-state index contributed by atoms with van der Waals surface area (Å²) in [5.74, 6) is 0.725. The maximum atomic E-state index is 12.0. The molecule has 0 unspecified atom stereocenters. The van der Waals surface area contributed by atoms with Gasteiger partial charge in [-0.15, -0.1) is 0 Å². The van der Waals surface area contributed by atoms with E-state index in [0.717, 1.165) is 36.3 Å². The van der Waals surface area contributed by atoms with E-state index in [1.165, 1.54) is 0 Å². The SMILES string of the molecule is C[C@]1(c2ccccc2-n2nccn2)[C@H](Nc2ccc(Cl)cn2)CCCN1C=O. The van der Waals surface area contributed by atoms with Gasteiger partial charge in [-0.3, -0.25) is 4.79 Å². The fourth-order valence-corrected chi connectivity index (χ4v) is 4.06. The molecule has 0 bridgehead atoms. The summed E-state index contributed by atoms with van der Waals surface area (Å²) in [6, 6.07) is 11.5. The Morgan fingerprint density at radius 3 is 2.71 bits per heavy atom. The van der Waals surface area contributed by atoms with Crippen LogP contribution in [0.25, 0.3) is 5.69 Å². The second-order valence-corrected chi connectivity index (χ2v) is 7.42. The molecule has 1 aliphatic rings. The molecule has 28 heavy (non-hydrogen) atoms. The monoisotopic (exact) mass is 396 g/mol. The number of pyridine rings is 1. The van der Waals surface area contributed by atoms with Crippen LogP contribution in [-0.4, -0.2) is 43.9 Å². The number of anilines is 1. The molecule has 1 amide bonds. The van der Waals surface area contributed by atoms with Crippen molar-refractivity contribution in [1.82, 2.24) is 24.9 Å². The van der Waals surface area contributed by atoms with Crippen molar-refractivity contribution in [2.45, 2.75) is 31.3 Å². The smallest absolute Gasteiger partial charge is 0.210 e. The average Bonchev–Trinajstić information content (AvgIpc) is 3.26. The highest BCUT2D eigenvalue weighted by Gasteiger charge is 2.45. The molecule has 3 heterocycles. The molecular weight excluding hydrogens is 376 g/mol. The quantitative estimate of drug-likeness (QED) is 0.670. The van der Waals surface area contributed by atoms with E-state index in [0.29, 0.717) is 11.6 Å². The number of para-hydroxylation sites is 1. The maximum Gasteiger partial charge on any atom is 0.210 e. The molecule has 1 saturated heterocycles. The molecular formula is C20H21ClN6O. The molecule has 0 saturated carbocycles. The van der Waals surface area contributed by atoms with Crippen LogP contribution in [0.4, 0.5) is 5.82 Å². The molecule has 2 aromatic heterocycles. The number of aromatic nitrogens is 4. The van der Waals surface area contributed by atoms with Gasteiger partial charge in [-0.05, 0) is 38.0 Å². The Labute approximate surface area is 168 Å². The molecule has 1 aliphatic heterocycles. The highest BCUT2D eigenvalue weighted by Crippen LogP contribution is 2.40. The number of rotatable bonds is 5. The minimum atomic E-state index is -0.606. The first-order valence-corrected chi connectivity index (χ1v) is 9.57. The van der Waals surface area contributed by atoms with E-state index in [2.05, 4.69) is 27.4 Å². The number of halogens is 1. The van der Waals surface area contributed by atoms with E-state index in [4.69, 9.17) is 11.6 Å². The number of nitrogens with one attached hydrogen (secondary N) is 1. The predicted molar refractivity (Wildman–Crippen MR) is 107 cm³/mol. The Hall–Kier alpha value is -2.93. The fourth-order valence-electron chi connectivity index (χ4n) is 3.95. The number of hydrogen-bond donors (Lipinski definition) is 1. The zero-order valence-electron chi connectivity index (χ0n) is 15.5. The minimum absolute atomic E-state index is 0.0446. The lowest BCUT2D eigenvalue weighted by Crippen LogP contribution is -2.58. The van der Waals surface area contributed by atoms with Crippen molar-refractivity contribution < 1.29 is 4.79 Å². The van der Waals surface area contributed by atoms with Crippen molar-refractivity contribution in [3.05, 3.63) is 65.6 Å². The van der Waals surface area contributed by atoms with Gasteiger partial charge in [0.25, 0.3) is 0 Å². The van der Waals surface area contributed by atoms with E-state index in [1.807, 2.05) is 35.2 Å². The Morgan fingerprint density at radius 2 is 2.00 bits per heavy atom. The van der Waals surface area contributed by atoms with Crippen molar-refractivity contribution in [1.29, 1.82) is 0 Å². The lowest BCUT2D eigenvalue weighted by molar-refractivity contribution is -0.126. The third kappa shape index (κ3) is 3.22. The van der Waals surface area contributed by atoms with Crippen LogP contribution in [0.1, 0.15) is 25.3 Å². The molecule has 1 N–H and O–H groups in total. The van der Waals surface area contributed by atoms with Crippen molar-refractivity contribution in [3.8, 4) is 5.69 Å². The van der Waals surface area contributed by atoms with E-state index in [-0.39, 0.29) is 6.04 Å². The van der Waals surface area contributed by atoms with Gasteiger partial charge in [0.2, 0.25) is 6.41 Å². The lowest BCUT2D eigenvalue weighted by atomic mass is 9.77. The summed E-state index contributed by atoms with van der Waals surface area (Å²) in [5, 5.41) is 12.7. The molecule has 1 aromatic carbocycles. The zero-order chi connectivity index (χ0) is 19.6. The third-order valence-electron chi connectivity index (χ3n) is 5.43. The van der Waals surface area contributed by atoms with Gasteiger partial charge in [-0.2, -0.15) is 15.0 Å². The van der Waals surface area contributed by atoms with Crippen LogP contribution in [0, 0.1) is 0 Å². The van der Waals surface area contributed by atoms with Crippen molar-refractivity contribution in [2.75, 3.05) is 11.9 Å². The van der Waals surface area contributed by atoms with E-state index in [9.17, 15) is 4.79 Å². The highest BCUT2D eigenvalue weighted by molar-refractivity contribution is 6.30. The largest absolute Gasteiger partial charge is 0.365 e. The Morgan fingerprint density at radius 1 is 1.21 bits per heavy atom. The molecule has 3 aromatic rings. The van der Waals surface area contributed by atoms with Crippen LogP contribution in [0.3, 0.4) is 0 Å². The topological polar surface area (TPSA) is 75.9 Å². The highest BCUT2D eigenvalue weighted by atomic mass is 35.5. The van der Waals surface area contributed by atoms with E-state index in [1.54, 1.807) is 29.5 Å². The van der Waals surface area contributed by atoms with Gasteiger partial charge in [0, 0.05) is 18.3 Å². The zero-order valence-corrected chi connectivity index (χ0v) is 16.3. The summed E-state index contributed by atoms with van der Waals surface area (Å²) in [5.41, 5.74) is 1.22. The lowest BCUT2D eigenvalue weighted by Gasteiger charge is -2.49. The predicted octanol–water partition coefficient (Wildman–Crippen LogP) is 3.26. The van der Waals surface area contributed by atoms with Crippen LogP contribution in [0.15, 0.2) is 55.0 Å². The standard InChI is InChI=1S/C20H21ClN6O/c1-20(16-5-2-3-6-17(16)27-23-10-11-24-27)18(7-4-12-26(20)14-28)25-19-9-8-15(21)13-22-19/h2-3,5-6,8-11,13-14,18H,4,7,12H2,1H3,(H,22,25)/t18-,20+/m1/s1. The summed E-state index contributed by atoms with van der Waals surface area (Å²) in [6.07, 6.45) is 7.63. The number of carbonyl (C=O) groups is 1. The van der Waals surface area contributed by atoms with Gasteiger partial charge in [0.05, 0.1) is 34.7 Å². The van der Waals surface area contributed by atoms with Gasteiger partial charge < -0.3 is 10.2 Å². The fraction of sp³-hybridized carbons (Fsp3) is 0.300. The number of hydrogen-bond acceptors (Lipinski definition) is 5. The summed E-state index contributed by atoms with van der Waals surface area (Å²) in [7, 11) is 0. The summed E-state index contributed by atoms with van der Waals surface area (Å²) in [6.45, 7) is 2.77. The first kappa shape index (κ1) is 18.4. The Kier molecular flexibility index (Phi) is 5.00. The molecule has 1 fully saturated rings.